The molecule has 35 heavy (non-hydrogen) atoms. The number of phenolic OH excluding ortho intramolecular Hbond substituents is 4. The summed E-state index contributed by atoms with van der Waals surface area (Å²) in [6, 6.07) is 9.22. The van der Waals surface area contributed by atoms with E-state index in [1.54, 1.807) is 12.1 Å². The number of benzene rings is 2. The third kappa shape index (κ3) is 15.8. The molecule has 0 spiro atoms. The van der Waals surface area contributed by atoms with Crippen LogP contribution in [0.4, 0.5) is 0 Å². The molecule has 0 fully saturated rings. The van der Waals surface area contributed by atoms with Crippen molar-refractivity contribution < 1.29 is 48.2 Å². The minimum Gasteiger partial charge on any atom is -0.504 e. The Morgan fingerprint density at radius 2 is 0.943 bits per heavy atom. The van der Waals surface area contributed by atoms with Gasteiger partial charge in [-0.05, 0) is 35.4 Å². The number of phenols is 4. The van der Waals surface area contributed by atoms with E-state index in [9.17, 15) is 20.4 Å². The summed E-state index contributed by atoms with van der Waals surface area (Å²) < 4.78 is 31.6. The Morgan fingerprint density at radius 3 is 1.17 bits per heavy atom. The minimum atomic E-state index is -4.67. The Labute approximate surface area is 205 Å². The standard InChI is InChI=1S/2C11H17NO3.H2O4S/c2*1-7(2)12-6-11(15)8-3-4-9(13)10(14)5-8;1-5(2,3)4/h2*3-5,7,11-15H,6H2,1-2H3;(H2,1,2,3,4)/t2*11-;/m11./s1. The third-order valence-electron chi connectivity index (χ3n) is 4.21. The van der Waals surface area contributed by atoms with Crippen LogP contribution in [0.1, 0.15) is 51.0 Å². The fourth-order valence-electron chi connectivity index (χ4n) is 2.43. The van der Waals surface area contributed by atoms with Gasteiger partial charge in [-0.3, -0.25) is 9.11 Å². The lowest BCUT2D eigenvalue weighted by atomic mass is 10.1. The van der Waals surface area contributed by atoms with Crippen LogP contribution >= 0.6 is 0 Å². The van der Waals surface area contributed by atoms with E-state index in [0.717, 1.165) is 0 Å². The fraction of sp³-hybridized carbons (Fsp3) is 0.455. The first-order valence-corrected chi connectivity index (χ1v) is 12.0. The lowest BCUT2D eigenvalue weighted by Crippen LogP contribution is -2.27. The van der Waals surface area contributed by atoms with Crippen molar-refractivity contribution in [3.63, 3.8) is 0 Å². The van der Waals surface area contributed by atoms with Crippen molar-refractivity contribution in [2.45, 2.75) is 52.0 Å². The van der Waals surface area contributed by atoms with Gasteiger partial charge in [-0.1, -0.05) is 39.8 Å². The summed E-state index contributed by atoms with van der Waals surface area (Å²) in [5.41, 5.74) is 1.16. The molecule has 0 saturated heterocycles. The highest BCUT2D eigenvalue weighted by molar-refractivity contribution is 7.79. The van der Waals surface area contributed by atoms with Gasteiger partial charge in [0, 0.05) is 25.2 Å². The van der Waals surface area contributed by atoms with Crippen molar-refractivity contribution in [1.82, 2.24) is 10.6 Å². The number of aliphatic hydroxyl groups is 2. The number of aromatic hydroxyl groups is 4. The average molecular weight is 521 g/mol. The summed E-state index contributed by atoms with van der Waals surface area (Å²) in [5.74, 6) is -0.780. The van der Waals surface area contributed by atoms with Gasteiger partial charge in [-0.15, -0.1) is 0 Å². The maximum atomic E-state index is 9.73. The molecule has 10 N–H and O–H groups in total. The van der Waals surface area contributed by atoms with E-state index in [-0.39, 0.29) is 23.0 Å². The van der Waals surface area contributed by atoms with Crippen LogP contribution in [-0.4, -0.2) is 73.3 Å². The highest BCUT2D eigenvalue weighted by atomic mass is 32.3. The molecule has 0 bridgehead atoms. The van der Waals surface area contributed by atoms with Gasteiger partial charge in [-0.25, -0.2) is 0 Å². The maximum Gasteiger partial charge on any atom is 0.394 e. The lowest BCUT2D eigenvalue weighted by Gasteiger charge is -2.14. The predicted molar refractivity (Wildman–Crippen MR) is 130 cm³/mol. The highest BCUT2D eigenvalue weighted by Gasteiger charge is 2.11. The van der Waals surface area contributed by atoms with E-state index in [1.807, 2.05) is 27.7 Å². The Hall–Kier alpha value is -2.65. The summed E-state index contributed by atoms with van der Waals surface area (Å²) >= 11 is 0. The predicted octanol–water partition coefficient (Wildman–Crippen LogP) is 1.61. The van der Waals surface area contributed by atoms with Gasteiger partial charge in [0.05, 0.1) is 12.2 Å². The second-order valence-electron chi connectivity index (χ2n) is 8.10. The summed E-state index contributed by atoms with van der Waals surface area (Å²) in [4.78, 5) is 0. The number of nitrogens with one attached hydrogen (secondary N) is 2. The van der Waals surface area contributed by atoms with Gasteiger partial charge in [0.25, 0.3) is 0 Å². The Bertz CT molecular complexity index is 926. The van der Waals surface area contributed by atoms with Crippen molar-refractivity contribution in [2.24, 2.45) is 0 Å². The van der Waals surface area contributed by atoms with E-state index in [2.05, 4.69) is 10.6 Å². The minimum absolute atomic E-state index is 0.178. The first-order chi connectivity index (χ1) is 16.0. The van der Waals surface area contributed by atoms with Crippen molar-refractivity contribution in [3.8, 4) is 23.0 Å². The number of hydrogen-bond donors (Lipinski definition) is 10. The topological polar surface area (TPSA) is 220 Å². The monoisotopic (exact) mass is 520 g/mol. The maximum absolute atomic E-state index is 9.73. The van der Waals surface area contributed by atoms with Crippen molar-refractivity contribution >= 4 is 10.4 Å². The van der Waals surface area contributed by atoms with Gasteiger partial charge in [0.2, 0.25) is 0 Å². The van der Waals surface area contributed by atoms with Crippen molar-refractivity contribution in [3.05, 3.63) is 47.5 Å². The zero-order valence-electron chi connectivity index (χ0n) is 20.0. The molecule has 0 saturated carbocycles. The van der Waals surface area contributed by atoms with Gasteiger partial charge >= 0.3 is 10.4 Å². The summed E-state index contributed by atoms with van der Waals surface area (Å²) in [5, 5.41) is 62.3. The van der Waals surface area contributed by atoms with Crippen LogP contribution in [0.15, 0.2) is 36.4 Å². The van der Waals surface area contributed by atoms with E-state index in [0.29, 0.717) is 36.3 Å². The molecular formula is C22H36N2O10S. The first-order valence-electron chi connectivity index (χ1n) is 10.6. The first kappa shape index (κ1) is 32.4. The molecule has 0 aliphatic rings. The van der Waals surface area contributed by atoms with Gasteiger partial charge in [0.15, 0.2) is 23.0 Å². The zero-order valence-corrected chi connectivity index (χ0v) is 20.8. The van der Waals surface area contributed by atoms with Crippen LogP contribution in [0, 0.1) is 0 Å². The average Bonchev–Trinajstić information content (AvgIpc) is 2.73. The van der Waals surface area contributed by atoms with Gasteiger partial charge in [0.1, 0.15) is 0 Å². The van der Waals surface area contributed by atoms with Crippen LogP contribution in [0.25, 0.3) is 0 Å². The quantitative estimate of drug-likeness (QED) is 0.177. The number of rotatable bonds is 8. The third-order valence-corrected chi connectivity index (χ3v) is 4.21. The fourth-order valence-corrected chi connectivity index (χ4v) is 2.43. The normalized spacial score (nSPS) is 12.9. The zero-order chi connectivity index (χ0) is 27.3. The molecular weight excluding hydrogens is 484 g/mol. The molecule has 2 aromatic carbocycles. The molecule has 200 valence electrons. The molecule has 0 aliphatic heterocycles. The summed E-state index contributed by atoms with van der Waals surface area (Å²) in [7, 11) is -4.67. The van der Waals surface area contributed by atoms with E-state index in [1.165, 1.54) is 24.3 Å². The van der Waals surface area contributed by atoms with E-state index in [4.69, 9.17) is 27.7 Å². The summed E-state index contributed by atoms with van der Waals surface area (Å²) in [6.07, 6.45) is -1.36. The number of aliphatic hydroxyl groups excluding tert-OH is 2. The Balaban J connectivity index is 0.000000555. The molecule has 2 rings (SSSR count). The van der Waals surface area contributed by atoms with Gasteiger partial charge < -0.3 is 41.3 Å². The van der Waals surface area contributed by atoms with E-state index >= 15 is 0 Å². The van der Waals surface area contributed by atoms with E-state index < -0.39 is 22.6 Å². The molecule has 2 atom stereocenters. The van der Waals surface area contributed by atoms with Crippen LogP contribution in [0.2, 0.25) is 0 Å². The van der Waals surface area contributed by atoms with Crippen LogP contribution in [0.5, 0.6) is 23.0 Å². The molecule has 2 aromatic rings. The second-order valence-corrected chi connectivity index (χ2v) is 9.00. The largest absolute Gasteiger partial charge is 0.504 e. The molecule has 0 heterocycles. The molecule has 0 radical (unpaired) electrons. The molecule has 0 unspecified atom stereocenters. The van der Waals surface area contributed by atoms with Crippen molar-refractivity contribution in [2.75, 3.05) is 13.1 Å². The van der Waals surface area contributed by atoms with Crippen molar-refractivity contribution in [1.29, 1.82) is 0 Å². The lowest BCUT2D eigenvalue weighted by molar-refractivity contribution is 0.171. The number of hydrogen-bond acceptors (Lipinski definition) is 10. The van der Waals surface area contributed by atoms with Crippen LogP contribution < -0.4 is 10.6 Å². The molecule has 0 aliphatic carbocycles. The SMILES string of the molecule is CC(C)NC[C@@H](O)c1ccc(O)c(O)c1.CC(C)NC[C@@H](O)c1ccc(O)c(O)c1.O=S(=O)(O)O. The Kier molecular flexibility index (Phi) is 14.2. The summed E-state index contributed by atoms with van der Waals surface area (Å²) in [6.45, 7) is 8.79. The molecule has 0 amide bonds. The molecule has 0 aromatic heterocycles. The van der Waals surface area contributed by atoms with Gasteiger partial charge in [-0.2, -0.15) is 8.42 Å². The smallest absolute Gasteiger partial charge is 0.394 e. The van der Waals surface area contributed by atoms with Crippen LogP contribution in [0.3, 0.4) is 0 Å². The Morgan fingerprint density at radius 1 is 0.657 bits per heavy atom. The molecule has 13 heteroatoms. The molecule has 12 nitrogen and oxygen atoms in total. The second kappa shape index (κ2) is 15.4. The highest BCUT2D eigenvalue weighted by Crippen LogP contribution is 2.28. The van der Waals surface area contributed by atoms with Crippen LogP contribution in [-0.2, 0) is 10.4 Å².